The SMILES string of the molecule is N#Cc1ccc(-n2c(Br)nc3ccccc32)c(-n2c(Br)nc3ccccc32)c1.N#Cc1ccc(-n2cnc3ccccc32)c(-n2cnc3ccccc32)c1.[B]=NS. The van der Waals surface area contributed by atoms with E-state index in [1.54, 1.807) is 6.33 Å². The molecule has 0 N–H and O–H groups in total. The minimum absolute atomic E-state index is 0.573. The van der Waals surface area contributed by atoms with Crippen molar-refractivity contribution in [2.24, 2.45) is 4.30 Å². The third-order valence-corrected chi connectivity index (χ3v) is 10.2. The monoisotopic (exact) mass is 884 g/mol. The zero-order chi connectivity index (χ0) is 39.5. The van der Waals surface area contributed by atoms with Crippen molar-refractivity contribution in [2.45, 2.75) is 0 Å². The molecule has 271 valence electrons. The summed E-state index contributed by atoms with van der Waals surface area (Å²) >= 11 is 10.4. The van der Waals surface area contributed by atoms with E-state index in [1.807, 2.05) is 158 Å². The molecule has 0 saturated carbocycles. The van der Waals surface area contributed by atoms with Crippen molar-refractivity contribution >= 4 is 96.4 Å². The maximum absolute atomic E-state index is 9.47. The molecule has 0 aliphatic carbocycles. The molecule has 15 heteroatoms. The molecule has 1 radical (unpaired) electrons. The normalized spacial score (nSPS) is 10.7. The number of aromatic nitrogens is 8. The van der Waals surface area contributed by atoms with Crippen molar-refractivity contribution in [1.29, 1.82) is 10.5 Å². The van der Waals surface area contributed by atoms with Crippen LogP contribution in [-0.2, 0) is 0 Å². The summed E-state index contributed by atoms with van der Waals surface area (Å²) < 4.78 is 12.2. The molecule has 0 aliphatic heterocycles. The molecule has 0 atom stereocenters. The van der Waals surface area contributed by atoms with E-state index in [4.69, 9.17) is 0 Å². The van der Waals surface area contributed by atoms with Gasteiger partial charge in [0.2, 0.25) is 0 Å². The Hall–Kier alpha value is -6.65. The van der Waals surface area contributed by atoms with Crippen LogP contribution in [0.2, 0.25) is 0 Å². The molecule has 4 aromatic heterocycles. The number of halogens is 2. The van der Waals surface area contributed by atoms with Crippen LogP contribution in [0, 0.1) is 22.7 Å². The Labute approximate surface area is 349 Å². The van der Waals surface area contributed by atoms with Crippen LogP contribution >= 0.6 is 44.7 Å². The summed E-state index contributed by atoms with van der Waals surface area (Å²) in [7, 11) is 4.34. The molecule has 10 rings (SSSR count). The van der Waals surface area contributed by atoms with Gasteiger partial charge in [-0.1, -0.05) is 48.5 Å². The van der Waals surface area contributed by atoms with E-state index in [2.05, 4.69) is 88.7 Å². The van der Waals surface area contributed by atoms with E-state index in [0.717, 1.165) is 66.9 Å². The molecule has 0 spiro atoms. The van der Waals surface area contributed by atoms with Gasteiger partial charge in [0.15, 0.2) is 9.47 Å². The number of nitrogens with zero attached hydrogens (tertiary/aromatic N) is 11. The van der Waals surface area contributed by atoms with Crippen LogP contribution in [0.4, 0.5) is 0 Å². The maximum atomic E-state index is 9.47. The second-order valence-electron chi connectivity index (χ2n) is 12.4. The molecular weight excluding hydrogens is 861 g/mol. The zero-order valence-corrected chi connectivity index (χ0v) is 33.6. The third kappa shape index (κ3) is 7.04. The van der Waals surface area contributed by atoms with Crippen molar-refractivity contribution in [2.75, 3.05) is 0 Å². The second-order valence-corrected chi connectivity index (χ2v) is 14.0. The second kappa shape index (κ2) is 16.2. The Morgan fingerprint density at radius 2 is 0.895 bits per heavy atom. The predicted molar refractivity (Wildman–Crippen MR) is 233 cm³/mol. The quantitative estimate of drug-likeness (QED) is 0.138. The fourth-order valence-corrected chi connectivity index (χ4v) is 7.85. The fraction of sp³-hybridized carbons (Fsp3) is 0. The third-order valence-electron chi connectivity index (χ3n) is 9.16. The summed E-state index contributed by atoms with van der Waals surface area (Å²) in [5.74, 6) is 0. The summed E-state index contributed by atoms with van der Waals surface area (Å²) in [5.41, 5.74) is 12.3. The van der Waals surface area contributed by atoms with Crippen molar-refractivity contribution < 1.29 is 0 Å². The number of rotatable bonds is 4. The number of hydrogen-bond donors (Lipinski definition) is 1. The van der Waals surface area contributed by atoms with Crippen LogP contribution in [0.1, 0.15) is 11.1 Å². The van der Waals surface area contributed by atoms with E-state index in [-0.39, 0.29) is 0 Å². The van der Waals surface area contributed by atoms with Crippen molar-refractivity contribution in [3.05, 3.63) is 167 Å². The van der Waals surface area contributed by atoms with Gasteiger partial charge >= 0.3 is 24.8 Å². The van der Waals surface area contributed by atoms with E-state index < -0.39 is 0 Å². The molecule has 0 fully saturated rings. The Morgan fingerprint density at radius 3 is 1.39 bits per heavy atom. The molecule has 0 aliphatic rings. The molecule has 0 amide bonds. The van der Waals surface area contributed by atoms with Gasteiger partial charge in [-0.3, -0.25) is 18.3 Å². The topological polar surface area (TPSA) is 131 Å². The van der Waals surface area contributed by atoms with Crippen LogP contribution < -0.4 is 0 Å². The van der Waals surface area contributed by atoms with Crippen LogP contribution in [-0.4, -0.2) is 45.8 Å². The molecule has 4 heterocycles. The van der Waals surface area contributed by atoms with Gasteiger partial charge < -0.3 is 0 Å². The van der Waals surface area contributed by atoms with Gasteiger partial charge in [0.05, 0.1) is 90.1 Å². The van der Waals surface area contributed by atoms with Crippen LogP contribution in [0.25, 0.3) is 66.9 Å². The minimum atomic E-state index is 0.573. The first-order valence-electron chi connectivity index (χ1n) is 17.2. The summed E-state index contributed by atoms with van der Waals surface area (Å²) in [5, 5.41) is 18.8. The van der Waals surface area contributed by atoms with E-state index in [9.17, 15) is 10.5 Å². The number of para-hydroxylation sites is 8. The van der Waals surface area contributed by atoms with Gasteiger partial charge in [0.25, 0.3) is 0 Å². The summed E-state index contributed by atoms with van der Waals surface area (Å²) in [6.07, 6.45) is 3.61. The number of fused-ring (bicyclic) bond motifs is 4. The molecule has 6 aromatic carbocycles. The zero-order valence-electron chi connectivity index (χ0n) is 29.6. The average molecular weight is 886 g/mol. The summed E-state index contributed by atoms with van der Waals surface area (Å²) in [6.45, 7) is 0. The fourth-order valence-electron chi connectivity index (χ4n) is 6.70. The molecule has 57 heavy (non-hydrogen) atoms. The molecule has 10 aromatic rings. The standard InChI is InChI=1S/C21H11Br2N5.C21H13N5.BHNS/c22-20-25-14-5-1-3-7-16(14)27(20)18-10-9-13(12-24)11-19(18)28-17-8-4-2-6-15(17)26-21(28)23;22-12-15-9-10-20(25-13-23-16-5-1-3-7-18(16)25)21(11-15)26-14-24-17-6-2-4-8-19(17)26;1-2-3/h1-11H;1-11,13-14H;3H. The Morgan fingerprint density at radius 1 is 0.509 bits per heavy atom. The van der Waals surface area contributed by atoms with Crippen molar-refractivity contribution in [3.8, 4) is 34.9 Å². The van der Waals surface area contributed by atoms with Gasteiger partial charge in [0.1, 0.15) is 12.7 Å². The van der Waals surface area contributed by atoms with Crippen LogP contribution in [0.5, 0.6) is 0 Å². The average Bonchev–Trinajstić information content (AvgIpc) is 4.03. The predicted octanol–water partition coefficient (Wildman–Crippen LogP) is 10.2. The first-order chi connectivity index (χ1) is 27.9. The summed E-state index contributed by atoms with van der Waals surface area (Å²) in [4.78, 5) is 18.2. The van der Waals surface area contributed by atoms with Gasteiger partial charge in [0, 0.05) is 0 Å². The Kier molecular flexibility index (Phi) is 10.6. The van der Waals surface area contributed by atoms with Crippen molar-refractivity contribution in [1.82, 2.24) is 38.2 Å². The number of thiol groups is 1. The van der Waals surface area contributed by atoms with Crippen LogP contribution in [0.3, 0.4) is 0 Å². The Bertz CT molecular complexity index is 3210. The van der Waals surface area contributed by atoms with E-state index in [1.165, 1.54) is 0 Å². The first kappa shape index (κ1) is 37.3. The van der Waals surface area contributed by atoms with E-state index in [0.29, 0.717) is 20.6 Å². The van der Waals surface area contributed by atoms with E-state index >= 15 is 0 Å². The molecule has 0 saturated heterocycles. The molecule has 0 unspecified atom stereocenters. The van der Waals surface area contributed by atoms with Crippen molar-refractivity contribution in [3.63, 3.8) is 0 Å². The van der Waals surface area contributed by atoms with Gasteiger partial charge in [-0.15, -0.1) is 0 Å². The number of benzene rings is 6. The number of nitriles is 2. The van der Waals surface area contributed by atoms with Crippen LogP contribution in [0.15, 0.2) is 160 Å². The molecular formula is C42H25BBr2N11S. The summed E-state index contributed by atoms with van der Waals surface area (Å²) in [6, 6.07) is 47.6. The van der Waals surface area contributed by atoms with Gasteiger partial charge in [-0.2, -0.15) is 10.5 Å². The number of hydrogen-bond acceptors (Lipinski definition) is 8. The van der Waals surface area contributed by atoms with Gasteiger partial charge in [-0.25, -0.2) is 19.9 Å². The molecule has 0 bridgehead atoms. The molecule has 11 nitrogen and oxygen atoms in total. The number of imidazole rings is 4. The Balaban J connectivity index is 0.000000150. The first-order valence-corrected chi connectivity index (χ1v) is 19.2. The van der Waals surface area contributed by atoms with Gasteiger partial charge in [-0.05, 0) is 117 Å².